The lowest BCUT2D eigenvalue weighted by Crippen LogP contribution is -2.34. The molecule has 2 rings (SSSR count). The number of nitrogens with one attached hydrogen (secondary N) is 1. The summed E-state index contributed by atoms with van der Waals surface area (Å²) in [4.78, 5) is 16.0. The molecule has 3 heteroatoms. The zero-order chi connectivity index (χ0) is 16.8. The van der Waals surface area contributed by atoms with E-state index < -0.39 is 0 Å². The molecular weight excluding hydrogens is 284 g/mol. The van der Waals surface area contributed by atoms with E-state index in [2.05, 4.69) is 46.7 Å². The number of carbonyl (C=O) groups is 1. The van der Waals surface area contributed by atoms with E-state index in [4.69, 9.17) is 0 Å². The molecule has 1 unspecified atom stereocenters. The van der Waals surface area contributed by atoms with Crippen molar-refractivity contribution in [2.24, 2.45) is 0 Å². The Kier molecular flexibility index (Phi) is 5.83. The second-order valence-corrected chi connectivity index (χ2v) is 5.75. The summed E-state index contributed by atoms with van der Waals surface area (Å²) in [5.74, 6) is 0.162. The number of carbonyl (C=O) groups excluding carboxylic acids is 1. The summed E-state index contributed by atoms with van der Waals surface area (Å²) in [7, 11) is 1.82. The molecular formula is C20H24N2O. The Morgan fingerprint density at radius 3 is 2.52 bits per heavy atom. The molecule has 0 spiro atoms. The highest BCUT2D eigenvalue weighted by molar-refractivity contribution is 5.81. The minimum Gasteiger partial charge on any atom is -0.310 e. The van der Waals surface area contributed by atoms with Crippen molar-refractivity contribution < 1.29 is 4.79 Å². The largest absolute Gasteiger partial charge is 0.310 e. The molecule has 0 saturated carbocycles. The average Bonchev–Trinajstić information content (AvgIpc) is 2.55. The van der Waals surface area contributed by atoms with Crippen LogP contribution >= 0.6 is 0 Å². The summed E-state index contributed by atoms with van der Waals surface area (Å²) < 4.78 is 0. The molecule has 0 bridgehead atoms. The molecule has 0 saturated heterocycles. The van der Waals surface area contributed by atoms with Gasteiger partial charge in [0.25, 0.3) is 0 Å². The molecule has 1 N–H and O–H groups in total. The second kappa shape index (κ2) is 7.84. The minimum atomic E-state index is -0.122. The Balaban J connectivity index is 2.22. The molecule has 2 aromatic rings. The van der Waals surface area contributed by atoms with Crippen LogP contribution in [0.3, 0.4) is 0 Å². The van der Waals surface area contributed by atoms with E-state index in [1.165, 1.54) is 0 Å². The number of allylic oxidation sites excluding steroid dienone is 1. The number of rotatable bonds is 6. The molecule has 1 aromatic heterocycles. The van der Waals surface area contributed by atoms with E-state index in [-0.39, 0.29) is 11.8 Å². The van der Waals surface area contributed by atoms with Gasteiger partial charge in [-0.25, -0.2) is 0 Å². The number of nitrogens with zero attached hydrogens (tertiary/aromatic N) is 1. The first-order valence-corrected chi connectivity index (χ1v) is 7.91. The number of hydrogen-bond donors (Lipinski definition) is 1. The van der Waals surface area contributed by atoms with Crippen LogP contribution in [0, 0.1) is 6.92 Å². The van der Waals surface area contributed by atoms with E-state index in [1.54, 1.807) is 6.92 Å². The zero-order valence-corrected chi connectivity index (χ0v) is 14.3. The molecule has 0 radical (unpaired) electrons. The highest BCUT2D eigenvalue weighted by Crippen LogP contribution is 2.22. The Morgan fingerprint density at radius 1 is 1.26 bits per heavy atom. The summed E-state index contributed by atoms with van der Waals surface area (Å²) >= 11 is 0. The van der Waals surface area contributed by atoms with Crippen LogP contribution in [0.5, 0.6) is 0 Å². The first-order valence-electron chi connectivity index (χ1n) is 7.91. The lowest BCUT2D eigenvalue weighted by molar-refractivity contribution is -0.118. The van der Waals surface area contributed by atoms with Gasteiger partial charge in [-0.05, 0) is 57.0 Å². The van der Waals surface area contributed by atoms with Gasteiger partial charge in [0.2, 0.25) is 0 Å². The van der Waals surface area contributed by atoms with Crippen LogP contribution in [0.2, 0.25) is 0 Å². The fourth-order valence-corrected chi connectivity index (χ4v) is 2.57. The van der Waals surface area contributed by atoms with Crippen LogP contribution in [-0.4, -0.2) is 23.9 Å². The lowest BCUT2D eigenvalue weighted by atomic mass is 9.99. The summed E-state index contributed by atoms with van der Waals surface area (Å²) in [6, 6.07) is 10.4. The van der Waals surface area contributed by atoms with Gasteiger partial charge in [0.05, 0.1) is 6.04 Å². The molecule has 0 fully saturated rings. The van der Waals surface area contributed by atoms with E-state index >= 15 is 0 Å². The van der Waals surface area contributed by atoms with Crippen molar-refractivity contribution in [3.8, 4) is 11.1 Å². The third-order valence-electron chi connectivity index (χ3n) is 4.04. The number of benzene rings is 1. The molecule has 1 aromatic carbocycles. The fraction of sp³-hybridized carbons (Fsp3) is 0.300. The molecule has 0 aliphatic rings. The maximum absolute atomic E-state index is 11.5. The number of Topliss-reactive ketones (excluding diaryl/α,β-unsaturated/α-hetero) is 1. The SMILES string of the molecule is C/C=C\c1cc(-c2ccc(CC(NC)C(C)=O)cc2)cnc1C. The number of aromatic nitrogens is 1. The number of likely N-dealkylation sites (N-methyl/N-ethyl adjacent to an activating group) is 1. The van der Waals surface area contributed by atoms with Crippen molar-refractivity contribution in [2.45, 2.75) is 33.2 Å². The Morgan fingerprint density at radius 2 is 1.96 bits per heavy atom. The highest BCUT2D eigenvalue weighted by atomic mass is 16.1. The second-order valence-electron chi connectivity index (χ2n) is 5.75. The maximum Gasteiger partial charge on any atom is 0.147 e. The third kappa shape index (κ3) is 4.36. The lowest BCUT2D eigenvalue weighted by Gasteiger charge is -2.13. The average molecular weight is 308 g/mol. The molecule has 1 atom stereocenters. The molecule has 23 heavy (non-hydrogen) atoms. The smallest absolute Gasteiger partial charge is 0.147 e. The van der Waals surface area contributed by atoms with Gasteiger partial charge in [0, 0.05) is 17.5 Å². The van der Waals surface area contributed by atoms with Crippen LogP contribution < -0.4 is 5.32 Å². The van der Waals surface area contributed by atoms with Gasteiger partial charge in [-0.1, -0.05) is 36.4 Å². The van der Waals surface area contributed by atoms with Gasteiger partial charge in [-0.2, -0.15) is 0 Å². The monoisotopic (exact) mass is 308 g/mol. The standard InChI is InChI=1S/C20H24N2O/c1-5-6-18-12-19(13-22-14(18)2)17-9-7-16(8-10-17)11-20(21-4)15(3)23/h5-10,12-13,20-21H,11H2,1-4H3/b6-5-. The summed E-state index contributed by atoms with van der Waals surface area (Å²) in [5, 5.41) is 3.06. The van der Waals surface area contributed by atoms with Crippen LogP contribution in [0.1, 0.15) is 30.7 Å². The van der Waals surface area contributed by atoms with E-state index in [0.717, 1.165) is 27.9 Å². The highest BCUT2D eigenvalue weighted by Gasteiger charge is 2.12. The predicted molar refractivity (Wildman–Crippen MR) is 96.4 cm³/mol. The van der Waals surface area contributed by atoms with Crippen molar-refractivity contribution >= 4 is 11.9 Å². The van der Waals surface area contributed by atoms with Gasteiger partial charge in [0.1, 0.15) is 5.78 Å². The summed E-state index contributed by atoms with van der Waals surface area (Å²) in [5.41, 5.74) is 5.56. The Labute approximate surface area is 138 Å². The minimum absolute atomic E-state index is 0.122. The van der Waals surface area contributed by atoms with Gasteiger partial charge in [0.15, 0.2) is 0 Å². The summed E-state index contributed by atoms with van der Waals surface area (Å²) in [6.45, 7) is 5.65. The number of aryl methyl sites for hydroxylation is 1. The van der Waals surface area contributed by atoms with Crippen LogP contribution in [0.4, 0.5) is 0 Å². The Bertz CT molecular complexity index is 702. The van der Waals surface area contributed by atoms with Crippen molar-refractivity contribution in [1.82, 2.24) is 10.3 Å². The third-order valence-corrected chi connectivity index (χ3v) is 4.04. The number of hydrogen-bond acceptors (Lipinski definition) is 3. The molecule has 120 valence electrons. The maximum atomic E-state index is 11.5. The van der Waals surface area contributed by atoms with Gasteiger partial charge in [-0.15, -0.1) is 0 Å². The van der Waals surface area contributed by atoms with E-state index in [1.807, 2.05) is 33.2 Å². The van der Waals surface area contributed by atoms with Crippen molar-refractivity contribution in [3.05, 3.63) is 59.4 Å². The van der Waals surface area contributed by atoms with Crippen molar-refractivity contribution in [2.75, 3.05) is 7.05 Å². The molecule has 3 nitrogen and oxygen atoms in total. The van der Waals surface area contributed by atoms with Crippen LogP contribution in [-0.2, 0) is 11.2 Å². The van der Waals surface area contributed by atoms with Gasteiger partial charge in [-0.3, -0.25) is 9.78 Å². The number of pyridine rings is 1. The topological polar surface area (TPSA) is 42.0 Å². The summed E-state index contributed by atoms with van der Waals surface area (Å²) in [6.07, 6.45) is 6.71. The normalized spacial score (nSPS) is 12.5. The van der Waals surface area contributed by atoms with Crippen LogP contribution in [0.15, 0.2) is 42.6 Å². The predicted octanol–water partition coefficient (Wildman–Crippen LogP) is 3.81. The first-order chi connectivity index (χ1) is 11.0. The molecule has 0 aliphatic carbocycles. The van der Waals surface area contributed by atoms with E-state index in [0.29, 0.717) is 6.42 Å². The quantitative estimate of drug-likeness (QED) is 0.882. The molecule has 0 amide bonds. The van der Waals surface area contributed by atoms with E-state index in [9.17, 15) is 4.79 Å². The van der Waals surface area contributed by atoms with Crippen molar-refractivity contribution in [1.29, 1.82) is 0 Å². The van der Waals surface area contributed by atoms with Crippen molar-refractivity contribution in [3.63, 3.8) is 0 Å². The first kappa shape index (κ1) is 17.1. The Hall–Kier alpha value is -2.26. The molecule has 1 heterocycles. The fourth-order valence-electron chi connectivity index (χ4n) is 2.57. The van der Waals surface area contributed by atoms with Gasteiger partial charge < -0.3 is 5.32 Å². The van der Waals surface area contributed by atoms with Gasteiger partial charge >= 0.3 is 0 Å². The molecule has 0 aliphatic heterocycles. The van der Waals surface area contributed by atoms with Crippen LogP contribution in [0.25, 0.3) is 17.2 Å². The zero-order valence-electron chi connectivity index (χ0n) is 14.3. The number of ketones is 1.